The third-order valence-corrected chi connectivity index (χ3v) is 5.36. The standard InChI is InChI=1S/C21H26N4O2/c1-3-6-18(26)20-19-16(22)11-15(27-14-7-4-5-8-14)12-17(19)23-21(24-20)25(2)13-9-10-13/h3,6,11-14H,4-5,7-10,22H2,1-2H3/b6-3+. The maximum Gasteiger partial charge on any atom is 0.226 e. The maximum absolute atomic E-state index is 12.7. The molecule has 142 valence electrons. The first-order chi connectivity index (χ1) is 13.1. The minimum absolute atomic E-state index is 0.161. The molecule has 2 aromatic rings. The summed E-state index contributed by atoms with van der Waals surface area (Å²) in [4.78, 5) is 24.0. The minimum Gasteiger partial charge on any atom is -0.490 e. The van der Waals surface area contributed by atoms with E-state index >= 15 is 0 Å². The van der Waals surface area contributed by atoms with Crippen LogP contribution < -0.4 is 15.4 Å². The number of nitrogen functional groups attached to an aromatic ring is 1. The van der Waals surface area contributed by atoms with Gasteiger partial charge in [-0.2, -0.15) is 0 Å². The lowest BCUT2D eigenvalue weighted by molar-refractivity contribution is 0.104. The number of carbonyl (C=O) groups excluding carboxylic acids is 1. The molecule has 0 unspecified atom stereocenters. The van der Waals surface area contributed by atoms with E-state index in [-0.39, 0.29) is 11.9 Å². The lowest BCUT2D eigenvalue weighted by Crippen LogP contribution is -2.23. The number of ketones is 1. The number of aromatic nitrogens is 2. The molecule has 2 aliphatic carbocycles. The van der Waals surface area contributed by atoms with E-state index in [1.807, 2.05) is 24.9 Å². The maximum atomic E-state index is 12.7. The van der Waals surface area contributed by atoms with Gasteiger partial charge in [0.1, 0.15) is 11.4 Å². The summed E-state index contributed by atoms with van der Waals surface area (Å²) in [6.45, 7) is 1.81. The largest absolute Gasteiger partial charge is 0.490 e. The summed E-state index contributed by atoms with van der Waals surface area (Å²) in [7, 11) is 1.98. The SMILES string of the molecule is C/C=C/C(=O)c1nc(N(C)C2CC2)nc2cc(OC3CCCC3)cc(N)c12. The fourth-order valence-electron chi connectivity index (χ4n) is 3.71. The van der Waals surface area contributed by atoms with Gasteiger partial charge in [-0.25, -0.2) is 9.97 Å². The molecular weight excluding hydrogens is 340 g/mol. The van der Waals surface area contributed by atoms with E-state index in [1.165, 1.54) is 18.9 Å². The van der Waals surface area contributed by atoms with Gasteiger partial charge in [-0.1, -0.05) is 6.08 Å². The summed E-state index contributed by atoms with van der Waals surface area (Å²) in [5.74, 6) is 1.12. The molecule has 0 aliphatic heterocycles. The van der Waals surface area contributed by atoms with Gasteiger partial charge in [-0.15, -0.1) is 0 Å². The van der Waals surface area contributed by atoms with Crippen LogP contribution in [0.4, 0.5) is 11.6 Å². The summed E-state index contributed by atoms with van der Waals surface area (Å²) in [5.41, 5.74) is 7.81. The first-order valence-electron chi connectivity index (χ1n) is 9.74. The van der Waals surface area contributed by atoms with Crippen LogP contribution in [0.3, 0.4) is 0 Å². The van der Waals surface area contributed by atoms with Crippen molar-refractivity contribution in [1.82, 2.24) is 9.97 Å². The second kappa shape index (κ2) is 7.18. The molecule has 0 spiro atoms. The molecule has 4 rings (SSSR count). The molecule has 1 heterocycles. The van der Waals surface area contributed by atoms with Crippen LogP contribution >= 0.6 is 0 Å². The second-order valence-corrected chi connectivity index (χ2v) is 7.51. The van der Waals surface area contributed by atoms with Crippen molar-refractivity contribution in [1.29, 1.82) is 0 Å². The number of fused-ring (bicyclic) bond motifs is 1. The predicted octanol–water partition coefficient (Wildman–Crippen LogP) is 3.89. The van der Waals surface area contributed by atoms with Crippen LogP contribution in [0.25, 0.3) is 10.9 Å². The normalized spacial score (nSPS) is 17.7. The minimum atomic E-state index is -0.161. The van der Waals surface area contributed by atoms with Gasteiger partial charge < -0.3 is 15.4 Å². The Morgan fingerprint density at radius 1 is 1.22 bits per heavy atom. The first-order valence-corrected chi connectivity index (χ1v) is 9.74. The van der Waals surface area contributed by atoms with Crippen molar-refractivity contribution in [3.63, 3.8) is 0 Å². The molecule has 0 radical (unpaired) electrons. The molecule has 0 bridgehead atoms. The van der Waals surface area contributed by atoms with E-state index in [0.717, 1.165) is 31.4 Å². The Hall–Kier alpha value is -2.63. The lowest BCUT2D eigenvalue weighted by atomic mass is 10.1. The highest BCUT2D eigenvalue weighted by atomic mass is 16.5. The molecule has 27 heavy (non-hydrogen) atoms. The molecule has 1 aromatic heterocycles. The van der Waals surface area contributed by atoms with Crippen LogP contribution in [0.2, 0.25) is 0 Å². The van der Waals surface area contributed by atoms with Gasteiger partial charge in [0.25, 0.3) is 0 Å². The van der Waals surface area contributed by atoms with Gasteiger partial charge in [0, 0.05) is 30.9 Å². The molecule has 0 atom stereocenters. The van der Waals surface area contributed by atoms with Gasteiger partial charge in [0.2, 0.25) is 11.7 Å². The highest BCUT2D eigenvalue weighted by molar-refractivity contribution is 6.14. The third kappa shape index (κ3) is 3.61. The number of anilines is 2. The summed E-state index contributed by atoms with van der Waals surface area (Å²) in [6.07, 6.45) is 10.3. The highest BCUT2D eigenvalue weighted by Gasteiger charge is 2.29. The number of allylic oxidation sites excluding steroid dienone is 2. The number of nitrogens with two attached hydrogens (primary N) is 1. The van der Waals surface area contributed by atoms with Gasteiger partial charge in [-0.05, 0) is 51.5 Å². The zero-order valence-corrected chi connectivity index (χ0v) is 15.9. The average molecular weight is 366 g/mol. The first kappa shape index (κ1) is 17.8. The van der Waals surface area contributed by atoms with Gasteiger partial charge in [-0.3, -0.25) is 4.79 Å². The topological polar surface area (TPSA) is 81.3 Å². The Morgan fingerprint density at radius 2 is 1.96 bits per heavy atom. The monoisotopic (exact) mass is 366 g/mol. The molecular formula is C21H26N4O2. The average Bonchev–Trinajstić information content (AvgIpc) is 3.37. The number of nitrogens with zero attached hydrogens (tertiary/aromatic N) is 3. The van der Waals surface area contributed by atoms with E-state index in [2.05, 4.69) is 4.98 Å². The number of carbonyl (C=O) groups is 1. The Balaban J connectivity index is 1.81. The number of hydrogen-bond donors (Lipinski definition) is 1. The summed E-state index contributed by atoms with van der Waals surface area (Å²) in [5, 5.41) is 0.602. The summed E-state index contributed by atoms with van der Waals surface area (Å²) < 4.78 is 6.12. The van der Waals surface area contributed by atoms with Crippen molar-refractivity contribution in [3.05, 3.63) is 30.0 Å². The van der Waals surface area contributed by atoms with Crippen LogP contribution in [-0.4, -0.2) is 34.9 Å². The van der Waals surface area contributed by atoms with E-state index in [4.69, 9.17) is 15.5 Å². The molecule has 6 heteroatoms. The summed E-state index contributed by atoms with van der Waals surface area (Å²) >= 11 is 0. The quantitative estimate of drug-likeness (QED) is 0.474. The Morgan fingerprint density at radius 3 is 2.63 bits per heavy atom. The van der Waals surface area contributed by atoms with Gasteiger partial charge in [0.05, 0.1) is 17.0 Å². The number of benzene rings is 1. The lowest BCUT2D eigenvalue weighted by Gasteiger charge is -2.19. The Bertz CT molecular complexity index is 899. The molecule has 0 saturated heterocycles. The second-order valence-electron chi connectivity index (χ2n) is 7.51. The molecule has 1 aromatic carbocycles. The molecule has 2 N–H and O–H groups in total. The smallest absolute Gasteiger partial charge is 0.226 e. The van der Waals surface area contributed by atoms with Crippen molar-refractivity contribution in [3.8, 4) is 5.75 Å². The van der Waals surface area contributed by atoms with Gasteiger partial charge >= 0.3 is 0 Å². The third-order valence-electron chi connectivity index (χ3n) is 5.36. The van der Waals surface area contributed by atoms with E-state index in [0.29, 0.717) is 34.3 Å². The molecule has 6 nitrogen and oxygen atoms in total. The molecule has 2 fully saturated rings. The summed E-state index contributed by atoms with van der Waals surface area (Å²) in [6, 6.07) is 4.13. The van der Waals surface area contributed by atoms with Crippen molar-refractivity contribution in [2.75, 3.05) is 17.7 Å². The number of rotatable bonds is 6. The van der Waals surface area contributed by atoms with Crippen LogP contribution in [0.15, 0.2) is 24.3 Å². The number of ether oxygens (including phenoxy) is 1. The van der Waals surface area contributed by atoms with Crippen LogP contribution in [0.1, 0.15) is 55.9 Å². The fourth-order valence-corrected chi connectivity index (χ4v) is 3.71. The van der Waals surface area contributed by atoms with E-state index in [1.54, 1.807) is 12.1 Å². The molecule has 0 amide bonds. The predicted molar refractivity (Wildman–Crippen MR) is 107 cm³/mol. The Labute approximate surface area is 159 Å². The van der Waals surface area contributed by atoms with Gasteiger partial charge in [0.15, 0.2) is 0 Å². The zero-order valence-electron chi connectivity index (χ0n) is 15.9. The van der Waals surface area contributed by atoms with Crippen molar-refractivity contribution in [2.24, 2.45) is 0 Å². The van der Waals surface area contributed by atoms with Crippen molar-refractivity contribution < 1.29 is 9.53 Å². The highest BCUT2D eigenvalue weighted by Crippen LogP contribution is 2.34. The zero-order chi connectivity index (χ0) is 19.0. The molecule has 2 saturated carbocycles. The van der Waals surface area contributed by atoms with Crippen molar-refractivity contribution in [2.45, 2.75) is 57.6 Å². The van der Waals surface area contributed by atoms with Crippen LogP contribution in [0.5, 0.6) is 5.75 Å². The van der Waals surface area contributed by atoms with Crippen molar-refractivity contribution >= 4 is 28.3 Å². The number of hydrogen-bond acceptors (Lipinski definition) is 6. The molecule has 2 aliphatic rings. The van der Waals surface area contributed by atoms with Crippen LogP contribution in [0, 0.1) is 0 Å². The van der Waals surface area contributed by atoms with E-state index in [9.17, 15) is 4.79 Å². The van der Waals surface area contributed by atoms with Crippen LogP contribution in [-0.2, 0) is 0 Å². The fraction of sp³-hybridized carbons (Fsp3) is 0.476. The van der Waals surface area contributed by atoms with E-state index < -0.39 is 0 Å². The Kier molecular flexibility index (Phi) is 4.72.